The zero-order chi connectivity index (χ0) is 10.9. The molecule has 3 heteroatoms. The van der Waals surface area contributed by atoms with E-state index in [1.807, 2.05) is 0 Å². The van der Waals surface area contributed by atoms with Crippen molar-refractivity contribution >= 4 is 0 Å². The molecule has 0 unspecified atom stereocenters. The molecule has 88 valence electrons. The fourth-order valence-corrected chi connectivity index (χ4v) is 2.38. The Morgan fingerprint density at radius 3 is 2.07 bits per heavy atom. The molecule has 0 bridgehead atoms. The number of nitrogens with zero attached hydrogens (tertiary/aromatic N) is 1. The zero-order valence-corrected chi connectivity index (χ0v) is 10.3. The van der Waals surface area contributed by atoms with Gasteiger partial charge in [-0.2, -0.15) is 0 Å². The number of piperidine rings is 1. The third-order valence-electron chi connectivity index (χ3n) is 3.55. The summed E-state index contributed by atoms with van der Waals surface area (Å²) in [4.78, 5) is 2.59. The van der Waals surface area contributed by atoms with Crippen LogP contribution in [0.4, 0.5) is 0 Å². The van der Waals surface area contributed by atoms with E-state index in [0.717, 1.165) is 19.3 Å². The Kier molecular flexibility index (Phi) is 3.33. The lowest BCUT2D eigenvalue weighted by Gasteiger charge is -2.42. The van der Waals surface area contributed by atoms with Crippen molar-refractivity contribution in [1.29, 1.82) is 0 Å². The van der Waals surface area contributed by atoms with Crippen molar-refractivity contribution in [2.24, 2.45) is 0 Å². The number of rotatable bonds is 2. The molecule has 2 saturated heterocycles. The van der Waals surface area contributed by atoms with Crippen LogP contribution in [-0.4, -0.2) is 48.8 Å². The Balaban J connectivity index is 1.71. The summed E-state index contributed by atoms with van der Waals surface area (Å²) in [5.74, 6) is 0. The molecule has 15 heavy (non-hydrogen) atoms. The molecule has 0 aromatic heterocycles. The molecule has 2 rings (SSSR count). The summed E-state index contributed by atoms with van der Waals surface area (Å²) in [6.45, 7) is 11.2. The molecule has 0 spiro atoms. The largest absolute Gasteiger partial charge is 0.378 e. The van der Waals surface area contributed by atoms with Gasteiger partial charge in [0.1, 0.15) is 0 Å². The number of nitrogens with one attached hydrogen (secondary N) is 1. The fourth-order valence-electron chi connectivity index (χ4n) is 2.38. The van der Waals surface area contributed by atoms with Crippen LogP contribution in [0.1, 0.15) is 33.6 Å². The van der Waals surface area contributed by atoms with Crippen LogP contribution in [-0.2, 0) is 4.74 Å². The van der Waals surface area contributed by atoms with Gasteiger partial charge in [-0.05, 0) is 33.6 Å². The fraction of sp³-hybridized carbons (Fsp3) is 1.00. The Hall–Kier alpha value is -0.120. The monoisotopic (exact) mass is 212 g/mol. The highest BCUT2D eigenvalue weighted by molar-refractivity contribution is 4.87. The summed E-state index contributed by atoms with van der Waals surface area (Å²) < 4.78 is 5.18. The van der Waals surface area contributed by atoms with Crippen molar-refractivity contribution in [3.05, 3.63) is 0 Å². The van der Waals surface area contributed by atoms with Crippen LogP contribution in [0, 0.1) is 0 Å². The van der Waals surface area contributed by atoms with Crippen molar-refractivity contribution in [2.75, 3.05) is 26.3 Å². The van der Waals surface area contributed by atoms with Crippen LogP contribution in [0.2, 0.25) is 0 Å². The SMILES string of the molecule is CC(C)(C)N1CCC(NC2COC2)CC1. The normalized spacial score (nSPS) is 26.6. The van der Waals surface area contributed by atoms with Crippen LogP contribution >= 0.6 is 0 Å². The van der Waals surface area contributed by atoms with Crippen molar-refractivity contribution < 1.29 is 4.74 Å². The van der Waals surface area contributed by atoms with Gasteiger partial charge in [0.25, 0.3) is 0 Å². The molecule has 2 fully saturated rings. The molecular weight excluding hydrogens is 188 g/mol. The predicted octanol–water partition coefficient (Wildman–Crippen LogP) is 1.24. The summed E-state index contributed by atoms with van der Waals surface area (Å²) in [7, 11) is 0. The van der Waals surface area contributed by atoms with Gasteiger partial charge in [-0.3, -0.25) is 4.90 Å². The molecule has 3 nitrogen and oxygen atoms in total. The molecule has 0 aromatic rings. The van der Waals surface area contributed by atoms with Crippen molar-refractivity contribution in [2.45, 2.75) is 51.2 Å². The smallest absolute Gasteiger partial charge is 0.0643 e. The van der Waals surface area contributed by atoms with Gasteiger partial charge in [0, 0.05) is 24.7 Å². The minimum atomic E-state index is 0.338. The lowest BCUT2D eigenvalue weighted by atomic mass is 9.97. The Morgan fingerprint density at radius 2 is 1.67 bits per heavy atom. The topological polar surface area (TPSA) is 24.5 Å². The molecule has 1 N–H and O–H groups in total. The summed E-state index contributed by atoms with van der Waals surface area (Å²) in [6, 6.07) is 1.36. The van der Waals surface area contributed by atoms with E-state index in [2.05, 4.69) is 31.0 Å². The molecule has 0 saturated carbocycles. The van der Waals surface area contributed by atoms with E-state index in [9.17, 15) is 0 Å². The molecule has 2 heterocycles. The molecule has 0 aromatic carbocycles. The molecule has 0 radical (unpaired) electrons. The summed E-state index contributed by atoms with van der Waals surface area (Å²) in [5.41, 5.74) is 0.338. The summed E-state index contributed by atoms with van der Waals surface area (Å²) >= 11 is 0. The second-order valence-electron chi connectivity index (χ2n) is 5.83. The van der Waals surface area contributed by atoms with E-state index < -0.39 is 0 Å². The highest BCUT2D eigenvalue weighted by Gasteiger charge is 2.29. The van der Waals surface area contributed by atoms with Gasteiger partial charge < -0.3 is 10.1 Å². The van der Waals surface area contributed by atoms with Crippen molar-refractivity contribution in [1.82, 2.24) is 10.2 Å². The van der Waals surface area contributed by atoms with Crippen molar-refractivity contribution in [3.8, 4) is 0 Å². The molecule has 2 aliphatic rings. The van der Waals surface area contributed by atoms with E-state index in [1.165, 1.54) is 25.9 Å². The Bertz CT molecular complexity index is 200. The van der Waals surface area contributed by atoms with E-state index in [4.69, 9.17) is 4.74 Å². The third kappa shape index (κ3) is 2.92. The molecule has 0 amide bonds. The van der Waals surface area contributed by atoms with E-state index >= 15 is 0 Å². The zero-order valence-electron chi connectivity index (χ0n) is 10.3. The van der Waals surface area contributed by atoms with Crippen LogP contribution in [0.5, 0.6) is 0 Å². The van der Waals surface area contributed by atoms with Crippen LogP contribution in [0.3, 0.4) is 0 Å². The number of hydrogen-bond acceptors (Lipinski definition) is 3. The lowest BCUT2D eigenvalue weighted by molar-refractivity contribution is -0.0159. The maximum Gasteiger partial charge on any atom is 0.0643 e. The quantitative estimate of drug-likeness (QED) is 0.745. The van der Waals surface area contributed by atoms with E-state index in [0.29, 0.717) is 11.6 Å². The lowest BCUT2D eigenvalue weighted by Crippen LogP contribution is -2.55. The minimum absolute atomic E-state index is 0.338. The number of likely N-dealkylation sites (tertiary alicyclic amines) is 1. The Morgan fingerprint density at radius 1 is 1.07 bits per heavy atom. The van der Waals surface area contributed by atoms with E-state index in [1.54, 1.807) is 0 Å². The standard InChI is InChI=1S/C12H24N2O/c1-12(2,3)14-6-4-10(5-7-14)13-11-8-15-9-11/h10-11,13H,4-9H2,1-3H3. The molecule has 0 atom stereocenters. The van der Waals surface area contributed by atoms with Crippen molar-refractivity contribution in [3.63, 3.8) is 0 Å². The second-order valence-corrected chi connectivity index (χ2v) is 5.83. The van der Waals surface area contributed by atoms with Gasteiger partial charge in [-0.15, -0.1) is 0 Å². The Labute approximate surface area is 93.2 Å². The first-order valence-electron chi connectivity index (χ1n) is 6.14. The average molecular weight is 212 g/mol. The van der Waals surface area contributed by atoms with Crippen LogP contribution in [0.15, 0.2) is 0 Å². The molecule has 2 aliphatic heterocycles. The molecular formula is C12H24N2O. The van der Waals surface area contributed by atoms with Gasteiger partial charge in [0.2, 0.25) is 0 Å². The first kappa shape index (κ1) is 11.4. The minimum Gasteiger partial charge on any atom is -0.378 e. The van der Waals surface area contributed by atoms with Gasteiger partial charge in [-0.25, -0.2) is 0 Å². The average Bonchev–Trinajstić information content (AvgIpc) is 2.11. The maximum atomic E-state index is 5.18. The molecule has 0 aliphatic carbocycles. The van der Waals surface area contributed by atoms with Crippen LogP contribution < -0.4 is 5.32 Å². The second kappa shape index (κ2) is 4.40. The predicted molar refractivity (Wildman–Crippen MR) is 62.1 cm³/mol. The first-order valence-corrected chi connectivity index (χ1v) is 6.14. The summed E-state index contributed by atoms with van der Waals surface area (Å²) in [6.07, 6.45) is 2.57. The highest BCUT2D eigenvalue weighted by Crippen LogP contribution is 2.20. The third-order valence-corrected chi connectivity index (χ3v) is 3.55. The number of hydrogen-bond donors (Lipinski definition) is 1. The van der Waals surface area contributed by atoms with Gasteiger partial charge in [0.15, 0.2) is 0 Å². The summed E-state index contributed by atoms with van der Waals surface area (Å²) in [5, 5.41) is 3.68. The highest BCUT2D eigenvalue weighted by atomic mass is 16.5. The maximum absolute atomic E-state index is 5.18. The first-order chi connectivity index (χ1) is 7.05. The van der Waals surface area contributed by atoms with Gasteiger partial charge in [0.05, 0.1) is 19.3 Å². The van der Waals surface area contributed by atoms with E-state index in [-0.39, 0.29) is 0 Å². The van der Waals surface area contributed by atoms with Gasteiger partial charge in [-0.1, -0.05) is 0 Å². The number of ether oxygens (including phenoxy) is 1. The van der Waals surface area contributed by atoms with Gasteiger partial charge >= 0.3 is 0 Å². The van der Waals surface area contributed by atoms with Crippen LogP contribution in [0.25, 0.3) is 0 Å².